The minimum atomic E-state index is -0.275. The highest BCUT2D eigenvalue weighted by atomic mass is 79.9. The zero-order chi connectivity index (χ0) is 15.6. The molecule has 2 unspecified atom stereocenters. The maximum atomic E-state index is 10.8. The first kappa shape index (κ1) is 17.0. The highest BCUT2D eigenvalue weighted by Crippen LogP contribution is 2.43. The predicted octanol–water partition coefficient (Wildman–Crippen LogP) is 4.35. The van der Waals surface area contributed by atoms with Gasteiger partial charge in [0.15, 0.2) is 0 Å². The number of aromatic nitrogens is 2. The van der Waals surface area contributed by atoms with Gasteiger partial charge in [-0.2, -0.15) is 5.10 Å². The third-order valence-corrected chi connectivity index (χ3v) is 6.07. The lowest BCUT2D eigenvalue weighted by atomic mass is 9.66. The molecular formula is C17H29BrN2O. The van der Waals surface area contributed by atoms with Crippen molar-refractivity contribution in [1.82, 2.24) is 9.78 Å². The number of rotatable bonds is 5. The number of aliphatic hydroxyl groups excluding tert-OH is 1. The molecule has 0 radical (unpaired) electrons. The van der Waals surface area contributed by atoms with Gasteiger partial charge >= 0.3 is 0 Å². The minimum absolute atomic E-state index is 0.245. The molecule has 1 N–H and O–H groups in total. The standard InChI is InChI=1S/C17H29BrN2O/c1-5-13-16(18)14(20(6-2)19-13)11-15(21)12-9-7-8-10-17(12,3)4/h12,15,21H,5-11H2,1-4H3. The maximum Gasteiger partial charge on any atom is 0.0766 e. The van der Waals surface area contributed by atoms with Crippen molar-refractivity contribution in [3.8, 4) is 0 Å². The lowest BCUT2D eigenvalue weighted by Gasteiger charge is -2.41. The normalized spacial score (nSPS) is 23.2. The Morgan fingerprint density at radius 2 is 2.10 bits per heavy atom. The van der Waals surface area contributed by atoms with E-state index in [1.807, 2.05) is 4.68 Å². The molecule has 1 aliphatic carbocycles. The largest absolute Gasteiger partial charge is 0.392 e. The first-order chi connectivity index (χ1) is 9.90. The van der Waals surface area contributed by atoms with Crippen molar-refractivity contribution < 1.29 is 5.11 Å². The number of hydrogen-bond donors (Lipinski definition) is 1. The molecule has 1 saturated carbocycles. The summed E-state index contributed by atoms with van der Waals surface area (Å²) < 4.78 is 3.14. The van der Waals surface area contributed by atoms with Gasteiger partial charge in [-0.15, -0.1) is 0 Å². The van der Waals surface area contributed by atoms with Crippen molar-refractivity contribution >= 4 is 15.9 Å². The number of halogens is 1. The van der Waals surface area contributed by atoms with Crippen LogP contribution in [0.3, 0.4) is 0 Å². The molecule has 0 aromatic carbocycles. The van der Waals surface area contributed by atoms with Gasteiger partial charge in [0.25, 0.3) is 0 Å². The lowest BCUT2D eigenvalue weighted by molar-refractivity contribution is 0.00469. The van der Waals surface area contributed by atoms with Crippen molar-refractivity contribution in [2.45, 2.75) is 78.9 Å². The molecule has 1 aromatic heterocycles. The van der Waals surface area contributed by atoms with Crippen LogP contribution in [0.1, 0.15) is 64.8 Å². The van der Waals surface area contributed by atoms with E-state index in [4.69, 9.17) is 0 Å². The molecule has 1 aliphatic rings. The Balaban J connectivity index is 2.19. The average Bonchev–Trinajstić information content (AvgIpc) is 2.74. The summed E-state index contributed by atoms with van der Waals surface area (Å²) in [6.45, 7) is 9.71. The molecule has 4 heteroatoms. The molecule has 3 nitrogen and oxygen atoms in total. The fourth-order valence-electron chi connectivity index (χ4n) is 3.79. The second kappa shape index (κ2) is 6.82. The Morgan fingerprint density at radius 3 is 2.67 bits per heavy atom. The predicted molar refractivity (Wildman–Crippen MR) is 90.4 cm³/mol. The van der Waals surface area contributed by atoms with Gasteiger partial charge in [0.1, 0.15) is 0 Å². The summed E-state index contributed by atoms with van der Waals surface area (Å²) in [6.07, 6.45) is 6.27. The van der Waals surface area contributed by atoms with Crippen LogP contribution in [0.15, 0.2) is 4.47 Å². The Kier molecular flexibility index (Phi) is 5.53. The fraction of sp³-hybridized carbons (Fsp3) is 0.824. The molecule has 0 spiro atoms. The number of nitrogens with zero attached hydrogens (tertiary/aromatic N) is 2. The van der Waals surface area contributed by atoms with E-state index in [9.17, 15) is 5.11 Å². The minimum Gasteiger partial charge on any atom is -0.392 e. The van der Waals surface area contributed by atoms with Crippen molar-refractivity contribution in [2.24, 2.45) is 11.3 Å². The van der Waals surface area contributed by atoms with E-state index >= 15 is 0 Å². The van der Waals surface area contributed by atoms with Gasteiger partial charge in [-0.05, 0) is 53.4 Å². The van der Waals surface area contributed by atoms with Crippen LogP contribution in [0.2, 0.25) is 0 Å². The number of hydrogen-bond acceptors (Lipinski definition) is 2. The van der Waals surface area contributed by atoms with Crippen LogP contribution in [-0.4, -0.2) is 21.0 Å². The molecule has 2 rings (SSSR count). The van der Waals surface area contributed by atoms with Gasteiger partial charge in [0.05, 0.1) is 22.0 Å². The summed E-state index contributed by atoms with van der Waals surface area (Å²) >= 11 is 3.69. The van der Waals surface area contributed by atoms with Gasteiger partial charge in [0, 0.05) is 13.0 Å². The van der Waals surface area contributed by atoms with Crippen molar-refractivity contribution in [1.29, 1.82) is 0 Å². The van der Waals surface area contributed by atoms with E-state index in [2.05, 4.69) is 48.7 Å². The summed E-state index contributed by atoms with van der Waals surface area (Å²) in [6, 6.07) is 0. The first-order valence-electron chi connectivity index (χ1n) is 8.32. The van der Waals surface area contributed by atoms with Crippen LogP contribution < -0.4 is 0 Å². The third kappa shape index (κ3) is 3.53. The molecular weight excluding hydrogens is 328 g/mol. The van der Waals surface area contributed by atoms with Gasteiger partial charge in [-0.1, -0.05) is 33.6 Å². The zero-order valence-electron chi connectivity index (χ0n) is 13.8. The SMILES string of the molecule is CCc1nn(CC)c(CC(O)C2CCCCC2(C)C)c1Br. The second-order valence-corrected chi connectivity index (χ2v) is 7.78. The topological polar surface area (TPSA) is 38.0 Å². The van der Waals surface area contributed by atoms with Gasteiger partial charge in [0.2, 0.25) is 0 Å². The summed E-state index contributed by atoms with van der Waals surface area (Å²) in [5.74, 6) is 0.392. The molecule has 1 aromatic rings. The molecule has 1 heterocycles. The average molecular weight is 357 g/mol. The van der Waals surface area contributed by atoms with Crippen molar-refractivity contribution in [3.05, 3.63) is 15.9 Å². The molecule has 120 valence electrons. The van der Waals surface area contributed by atoms with Crippen LogP contribution in [-0.2, 0) is 19.4 Å². The summed E-state index contributed by atoms with van der Waals surface area (Å²) in [5.41, 5.74) is 2.50. The molecule has 0 bridgehead atoms. The van der Waals surface area contributed by atoms with Gasteiger partial charge in [-0.25, -0.2) is 0 Å². The number of aliphatic hydroxyl groups is 1. The Bertz CT molecular complexity index is 481. The molecule has 0 aliphatic heterocycles. The van der Waals surface area contributed by atoms with Crippen LogP contribution in [0, 0.1) is 11.3 Å². The Labute approximate surface area is 137 Å². The van der Waals surface area contributed by atoms with Gasteiger partial charge in [-0.3, -0.25) is 4.68 Å². The van der Waals surface area contributed by atoms with Crippen LogP contribution in [0.5, 0.6) is 0 Å². The van der Waals surface area contributed by atoms with Crippen LogP contribution >= 0.6 is 15.9 Å². The smallest absolute Gasteiger partial charge is 0.0766 e. The summed E-state index contributed by atoms with van der Waals surface area (Å²) in [5, 5.41) is 15.5. The highest BCUT2D eigenvalue weighted by molar-refractivity contribution is 9.10. The van der Waals surface area contributed by atoms with Crippen molar-refractivity contribution in [3.63, 3.8) is 0 Å². The maximum absolute atomic E-state index is 10.8. The van der Waals surface area contributed by atoms with Crippen molar-refractivity contribution in [2.75, 3.05) is 0 Å². The number of aryl methyl sites for hydroxylation is 2. The lowest BCUT2D eigenvalue weighted by Crippen LogP contribution is -2.38. The van der Waals surface area contributed by atoms with Gasteiger partial charge < -0.3 is 5.11 Å². The van der Waals surface area contributed by atoms with E-state index in [1.165, 1.54) is 19.3 Å². The quantitative estimate of drug-likeness (QED) is 0.851. The first-order valence-corrected chi connectivity index (χ1v) is 9.12. The monoisotopic (exact) mass is 356 g/mol. The molecule has 2 atom stereocenters. The highest BCUT2D eigenvalue weighted by Gasteiger charge is 2.37. The van der Waals surface area contributed by atoms with Crippen LogP contribution in [0.4, 0.5) is 0 Å². The van der Waals surface area contributed by atoms with E-state index in [0.717, 1.165) is 35.2 Å². The third-order valence-electron chi connectivity index (χ3n) is 5.15. The Hall–Kier alpha value is -0.350. The van der Waals surface area contributed by atoms with E-state index in [-0.39, 0.29) is 11.5 Å². The zero-order valence-corrected chi connectivity index (χ0v) is 15.4. The summed E-state index contributed by atoms with van der Waals surface area (Å²) in [4.78, 5) is 0. The molecule has 21 heavy (non-hydrogen) atoms. The molecule has 0 saturated heterocycles. The Morgan fingerprint density at radius 1 is 1.38 bits per heavy atom. The van der Waals surface area contributed by atoms with E-state index in [1.54, 1.807) is 0 Å². The summed E-state index contributed by atoms with van der Waals surface area (Å²) in [7, 11) is 0. The fourth-order valence-corrected chi connectivity index (χ4v) is 4.51. The second-order valence-electron chi connectivity index (χ2n) is 6.99. The van der Waals surface area contributed by atoms with Crippen LogP contribution in [0.25, 0.3) is 0 Å². The van der Waals surface area contributed by atoms with E-state index in [0.29, 0.717) is 12.3 Å². The molecule has 0 amide bonds. The molecule has 1 fully saturated rings. The van der Waals surface area contributed by atoms with E-state index < -0.39 is 0 Å².